The molecule has 1 aromatic rings. The fourth-order valence-electron chi connectivity index (χ4n) is 12.8. The van der Waals surface area contributed by atoms with Crippen LogP contribution < -0.4 is 4.74 Å². The molecule has 1 N–H and O–H groups in total. The maximum atomic E-state index is 13.9. The summed E-state index contributed by atoms with van der Waals surface area (Å²) < 4.78 is 18.2. The third-order valence-electron chi connectivity index (χ3n) is 15.6. The van der Waals surface area contributed by atoms with Crippen molar-refractivity contribution in [1.82, 2.24) is 0 Å². The van der Waals surface area contributed by atoms with Gasteiger partial charge in [0.15, 0.2) is 11.5 Å². The lowest BCUT2D eigenvalue weighted by molar-refractivity contribution is -0.247. The predicted molar refractivity (Wildman–Crippen MR) is 178 cm³/mol. The molecule has 6 heteroatoms. The van der Waals surface area contributed by atoms with Crippen LogP contribution in [0.5, 0.6) is 11.5 Å². The molecule has 1 heterocycles. The Kier molecular flexibility index (Phi) is 7.00. The van der Waals surface area contributed by atoms with Crippen LogP contribution in [-0.4, -0.2) is 35.9 Å². The van der Waals surface area contributed by atoms with E-state index in [1.165, 1.54) is 13.2 Å². The van der Waals surface area contributed by atoms with Crippen LogP contribution in [0.1, 0.15) is 105 Å². The first kappa shape index (κ1) is 31.8. The fraction of sp³-hybridized carbons (Fsp3) is 0.700. The van der Waals surface area contributed by atoms with Gasteiger partial charge in [0.2, 0.25) is 0 Å². The van der Waals surface area contributed by atoms with Gasteiger partial charge in [-0.3, -0.25) is 4.79 Å². The van der Waals surface area contributed by atoms with Crippen LogP contribution in [0.25, 0.3) is 6.08 Å². The van der Waals surface area contributed by atoms with Gasteiger partial charge in [0.25, 0.3) is 0 Å². The Bertz CT molecular complexity index is 1510. The van der Waals surface area contributed by atoms with Crippen LogP contribution in [-0.2, 0) is 19.1 Å². The van der Waals surface area contributed by atoms with E-state index in [0.717, 1.165) is 56.9 Å². The number of allylic oxidation sites excluding steroid dienone is 1. The Morgan fingerprint density at radius 2 is 1.76 bits per heavy atom. The highest BCUT2D eigenvalue weighted by Crippen LogP contribution is 2.79. The largest absolute Gasteiger partial charge is 0.504 e. The summed E-state index contributed by atoms with van der Waals surface area (Å²) in [5.41, 5.74) is -0.367. The second kappa shape index (κ2) is 10.1. The molecular weight excluding hydrogens is 576 g/mol. The Hall–Kier alpha value is -2.76. The zero-order chi connectivity index (χ0) is 33.1. The fourth-order valence-corrected chi connectivity index (χ4v) is 12.8. The van der Waals surface area contributed by atoms with E-state index in [-0.39, 0.29) is 56.8 Å². The number of carbonyl (C=O) groups excluding carboxylic acids is 2. The highest BCUT2D eigenvalue weighted by molar-refractivity contribution is 5.87. The number of hydrogen-bond acceptors (Lipinski definition) is 6. The molecule has 6 unspecified atom stereocenters. The van der Waals surface area contributed by atoms with Crippen molar-refractivity contribution in [2.45, 2.75) is 112 Å². The monoisotopic (exact) mass is 630 g/mol. The normalized spacial score (nSPS) is 46.8. The first-order chi connectivity index (χ1) is 21.6. The Labute approximate surface area is 275 Å². The molecule has 2 bridgehead atoms. The van der Waals surface area contributed by atoms with Crippen molar-refractivity contribution in [2.75, 3.05) is 7.11 Å². The summed E-state index contributed by atoms with van der Waals surface area (Å²) in [7, 11) is 1.51. The SMILES string of the molecule is COc1cc(C=CC(=O)OC2CC[C@@]3(C)C(CC[C@]4(C)C3C=C[C@]35OC(=O)[C@@]6(CCC(C)C(C)C63)CC[C@]54C)C2(C)C)ccc1O. The third kappa shape index (κ3) is 3.88. The minimum absolute atomic E-state index is 0.00229. The highest BCUT2D eigenvalue weighted by atomic mass is 16.6. The number of methoxy groups -OCH3 is 1. The zero-order valence-corrected chi connectivity index (χ0v) is 29.2. The summed E-state index contributed by atoms with van der Waals surface area (Å²) >= 11 is 0. The van der Waals surface area contributed by atoms with Crippen molar-refractivity contribution in [1.29, 1.82) is 0 Å². The molecule has 5 aliphatic carbocycles. The van der Waals surface area contributed by atoms with Gasteiger partial charge in [-0.05, 0) is 116 Å². The van der Waals surface area contributed by atoms with Gasteiger partial charge in [-0.25, -0.2) is 4.79 Å². The molecule has 4 saturated carbocycles. The lowest BCUT2D eigenvalue weighted by Gasteiger charge is -2.72. The van der Waals surface area contributed by atoms with E-state index in [9.17, 15) is 14.7 Å². The van der Waals surface area contributed by atoms with Crippen LogP contribution in [0.15, 0.2) is 36.4 Å². The van der Waals surface area contributed by atoms with Gasteiger partial charge in [0.05, 0.1) is 12.5 Å². The third-order valence-corrected chi connectivity index (χ3v) is 15.6. The van der Waals surface area contributed by atoms with E-state index in [1.807, 2.05) is 0 Å². The van der Waals surface area contributed by atoms with Crippen LogP contribution >= 0.6 is 0 Å². The number of carbonyl (C=O) groups is 2. The Balaban J connectivity index is 1.16. The molecule has 1 saturated heterocycles. The van der Waals surface area contributed by atoms with Gasteiger partial charge in [-0.2, -0.15) is 0 Å². The molecule has 250 valence electrons. The summed E-state index contributed by atoms with van der Waals surface area (Å²) in [5.74, 6) is 2.20. The van der Waals surface area contributed by atoms with Crippen LogP contribution in [0, 0.1) is 56.7 Å². The lowest BCUT2D eigenvalue weighted by atomic mass is 9.32. The van der Waals surface area contributed by atoms with E-state index in [0.29, 0.717) is 29.4 Å². The summed E-state index contributed by atoms with van der Waals surface area (Å²) in [6.07, 6.45) is 16.0. The van der Waals surface area contributed by atoms with Crippen molar-refractivity contribution in [3.8, 4) is 11.5 Å². The molecule has 0 radical (unpaired) electrons. The smallest absolute Gasteiger partial charge is 0.331 e. The summed E-state index contributed by atoms with van der Waals surface area (Å²) in [6.45, 7) is 16.9. The second-order valence-electron chi connectivity index (χ2n) is 17.4. The lowest BCUT2D eigenvalue weighted by Crippen LogP contribution is -2.71. The molecule has 5 fully saturated rings. The minimum atomic E-state index is -0.527. The van der Waals surface area contributed by atoms with Crippen LogP contribution in [0.4, 0.5) is 0 Å². The molecule has 7 rings (SSSR count). The van der Waals surface area contributed by atoms with E-state index in [2.05, 4.69) is 60.6 Å². The van der Waals surface area contributed by atoms with Crippen molar-refractivity contribution >= 4 is 18.0 Å². The van der Waals surface area contributed by atoms with Gasteiger partial charge < -0.3 is 19.3 Å². The predicted octanol–water partition coefficient (Wildman–Crippen LogP) is 8.52. The second-order valence-corrected chi connectivity index (χ2v) is 17.4. The quantitative estimate of drug-likeness (QED) is 0.204. The summed E-state index contributed by atoms with van der Waals surface area (Å²) in [6, 6.07) is 5.00. The average Bonchev–Trinajstić information content (AvgIpc) is 3.21. The van der Waals surface area contributed by atoms with Crippen molar-refractivity contribution in [3.63, 3.8) is 0 Å². The number of benzene rings is 1. The maximum absolute atomic E-state index is 13.9. The molecule has 1 spiro atoms. The molecule has 11 atom stereocenters. The van der Waals surface area contributed by atoms with E-state index in [1.54, 1.807) is 24.3 Å². The van der Waals surface area contributed by atoms with Crippen LogP contribution in [0.3, 0.4) is 0 Å². The number of phenols is 1. The number of ether oxygens (including phenoxy) is 3. The van der Waals surface area contributed by atoms with Gasteiger partial charge >= 0.3 is 11.9 Å². The van der Waals surface area contributed by atoms with E-state index >= 15 is 0 Å². The molecule has 6 aliphatic rings. The van der Waals surface area contributed by atoms with Gasteiger partial charge in [-0.15, -0.1) is 0 Å². The highest BCUT2D eigenvalue weighted by Gasteiger charge is 2.80. The molecule has 46 heavy (non-hydrogen) atoms. The van der Waals surface area contributed by atoms with Crippen LogP contribution in [0.2, 0.25) is 0 Å². The first-order valence-electron chi connectivity index (χ1n) is 17.8. The molecular formula is C40H54O6. The number of fused-ring (bicyclic) bond motifs is 4. The zero-order valence-electron chi connectivity index (χ0n) is 29.2. The van der Waals surface area contributed by atoms with Crippen molar-refractivity contribution < 1.29 is 28.9 Å². The number of rotatable bonds is 4. The van der Waals surface area contributed by atoms with Gasteiger partial charge in [0.1, 0.15) is 11.7 Å². The number of aromatic hydroxyl groups is 1. The maximum Gasteiger partial charge on any atom is 0.331 e. The molecule has 6 nitrogen and oxygen atoms in total. The standard InChI is InChI=1S/C40H54O6/c1-24-13-19-39-22-21-38(7)37(6)18-14-29-35(3,4)31(45-32(42)12-10-26-9-11-27(41)28(23-26)44-8)16-17-36(29,5)30(37)15-20-40(38,46-34(39)43)33(39)25(24)2/h9-12,15,20,23-25,29-31,33,41H,13-14,16-19,21-22H2,1-8H3/t24?,25?,29?,30?,31?,33?,36-,37+,38-,39-,40-/m0/s1. The van der Waals surface area contributed by atoms with E-state index < -0.39 is 5.60 Å². The number of hydrogen-bond donors (Lipinski definition) is 1. The molecule has 0 amide bonds. The Morgan fingerprint density at radius 3 is 2.50 bits per heavy atom. The molecule has 1 aromatic carbocycles. The van der Waals surface area contributed by atoms with Crippen molar-refractivity contribution in [3.05, 3.63) is 42.0 Å². The molecule has 0 aromatic heterocycles. The van der Waals surface area contributed by atoms with Gasteiger partial charge in [0, 0.05) is 22.8 Å². The molecule has 1 aliphatic heterocycles. The van der Waals surface area contributed by atoms with E-state index in [4.69, 9.17) is 14.2 Å². The topological polar surface area (TPSA) is 82.1 Å². The summed E-state index contributed by atoms with van der Waals surface area (Å²) in [5, 5.41) is 9.90. The summed E-state index contributed by atoms with van der Waals surface area (Å²) in [4.78, 5) is 27.0. The average molecular weight is 631 g/mol. The van der Waals surface area contributed by atoms with Crippen molar-refractivity contribution in [2.24, 2.45) is 56.7 Å². The Morgan fingerprint density at radius 1 is 1.00 bits per heavy atom. The number of phenolic OH excluding ortho intramolecular Hbond substituents is 1. The first-order valence-corrected chi connectivity index (χ1v) is 17.8. The number of esters is 2. The minimum Gasteiger partial charge on any atom is -0.504 e. The van der Waals surface area contributed by atoms with Gasteiger partial charge in [-0.1, -0.05) is 60.6 Å².